The molecule has 0 aliphatic heterocycles. The molecule has 1 aliphatic rings. The summed E-state index contributed by atoms with van der Waals surface area (Å²) in [4.78, 5) is 37.1. The molecule has 0 bridgehead atoms. The van der Waals surface area contributed by atoms with Crippen LogP contribution >= 0.6 is 0 Å². The van der Waals surface area contributed by atoms with E-state index < -0.39 is 23.3 Å². The van der Waals surface area contributed by atoms with Crippen LogP contribution in [0.3, 0.4) is 0 Å². The molecule has 0 unspecified atom stereocenters. The van der Waals surface area contributed by atoms with Gasteiger partial charge >= 0.3 is 5.97 Å². The molecule has 3 aromatic rings. The molecule has 0 fully saturated rings. The summed E-state index contributed by atoms with van der Waals surface area (Å²) in [6.07, 6.45) is 0. The van der Waals surface area contributed by atoms with Gasteiger partial charge in [0.1, 0.15) is 17.2 Å². The summed E-state index contributed by atoms with van der Waals surface area (Å²) >= 11 is 0. The number of ketones is 2. The highest BCUT2D eigenvalue weighted by Crippen LogP contribution is 2.42. The lowest BCUT2D eigenvalue weighted by atomic mass is 9.82. The number of carbonyl (C=O) groups is 3. The van der Waals surface area contributed by atoms with Gasteiger partial charge in [-0.2, -0.15) is 0 Å². The second kappa shape index (κ2) is 7.83. The molecule has 0 aromatic heterocycles. The third kappa shape index (κ3) is 3.55. The van der Waals surface area contributed by atoms with Crippen LogP contribution in [0.1, 0.15) is 31.8 Å². The average molecular weight is 419 g/mol. The van der Waals surface area contributed by atoms with E-state index in [4.69, 9.17) is 15.2 Å². The molecule has 8 heteroatoms. The predicted molar refractivity (Wildman–Crippen MR) is 110 cm³/mol. The first-order valence-electron chi connectivity index (χ1n) is 9.22. The summed E-state index contributed by atoms with van der Waals surface area (Å²) in [5, 5.41) is 10.5. The molecule has 0 spiro atoms. The number of nitrogen functional groups attached to an aromatic ring is 1. The Kier molecular flexibility index (Phi) is 5.04. The van der Waals surface area contributed by atoms with E-state index in [9.17, 15) is 19.5 Å². The third-order valence-electron chi connectivity index (χ3n) is 4.80. The number of fused-ring (bicyclic) bond motifs is 2. The Hall–Kier alpha value is -4.33. The van der Waals surface area contributed by atoms with Gasteiger partial charge in [-0.15, -0.1) is 0 Å². The quantitative estimate of drug-likeness (QED) is 0.287. The molecule has 3 N–H and O–H groups in total. The molecule has 4 rings (SSSR count). The van der Waals surface area contributed by atoms with Crippen LogP contribution in [0.5, 0.6) is 23.0 Å². The number of aromatic hydroxyl groups is 1. The van der Waals surface area contributed by atoms with Crippen molar-refractivity contribution in [2.75, 3.05) is 19.5 Å². The molecular weight excluding hydrogens is 402 g/mol. The van der Waals surface area contributed by atoms with Crippen molar-refractivity contribution < 1.29 is 33.7 Å². The molecule has 0 amide bonds. The highest BCUT2D eigenvalue weighted by atomic mass is 16.6. The summed E-state index contributed by atoms with van der Waals surface area (Å²) in [6, 6.07) is 13.9. The van der Waals surface area contributed by atoms with Crippen molar-refractivity contribution in [3.63, 3.8) is 0 Å². The number of phenols is 1. The summed E-state index contributed by atoms with van der Waals surface area (Å²) in [7, 11) is 1.25. The van der Waals surface area contributed by atoms with Crippen molar-refractivity contribution >= 4 is 23.2 Å². The van der Waals surface area contributed by atoms with Crippen LogP contribution in [-0.4, -0.2) is 36.4 Å². The van der Waals surface area contributed by atoms with E-state index in [1.54, 1.807) is 30.3 Å². The first kappa shape index (κ1) is 20.0. The van der Waals surface area contributed by atoms with Crippen molar-refractivity contribution in [1.82, 2.24) is 0 Å². The Morgan fingerprint density at radius 1 is 0.935 bits per heavy atom. The Bertz CT molecular complexity index is 1230. The number of carbonyl (C=O) groups excluding carboxylic acids is 3. The molecular formula is C23H17NO7. The Morgan fingerprint density at radius 2 is 1.58 bits per heavy atom. The minimum atomic E-state index is -0.543. The van der Waals surface area contributed by atoms with Gasteiger partial charge in [-0.3, -0.25) is 9.59 Å². The summed E-state index contributed by atoms with van der Waals surface area (Å²) < 4.78 is 15.6. The number of esters is 1. The lowest BCUT2D eigenvalue weighted by Gasteiger charge is -2.21. The van der Waals surface area contributed by atoms with Crippen LogP contribution in [-0.2, 0) is 9.53 Å². The van der Waals surface area contributed by atoms with Gasteiger partial charge in [0.2, 0.25) is 0 Å². The van der Waals surface area contributed by atoms with Gasteiger partial charge in [-0.05, 0) is 12.1 Å². The van der Waals surface area contributed by atoms with Gasteiger partial charge in [-0.25, -0.2) is 4.79 Å². The highest BCUT2D eigenvalue weighted by Gasteiger charge is 2.35. The first-order valence-corrected chi connectivity index (χ1v) is 9.22. The molecule has 8 nitrogen and oxygen atoms in total. The van der Waals surface area contributed by atoms with Crippen molar-refractivity contribution in [3.8, 4) is 23.0 Å². The van der Waals surface area contributed by atoms with Gasteiger partial charge in [0.15, 0.2) is 23.9 Å². The van der Waals surface area contributed by atoms with E-state index in [2.05, 4.69) is 4.74 Å². The summed E-state index contributed by atoms with van der Waals surface area (Å²) in [5.41, 5.74) is 6.28. The van der Waals surface area contributed by atoms with Crippen molar-refractivity contribution in [2.24, 2.45) is 0 Å². The summed E-state index contributed by atoms with van der Waals surface area (Å²) in [5.74, 6) is -1.30. The Labute approximate surface area is 176 Å². The number of rotatable bonds is 5. The van der Waals surface area contributed by atoms with Crippen LogP contribution in [0.25, 0.3) is 0 Å². The molecule has 0 saturated heterocycles. The van der Waals surface area contributed by atoms with Crippen LogP contribution in [0, 0.1) is 0 Å². The number of anilines is 1. The SMILES string of the molecule is COC(=O)COc1cccc(Oc2cc(O)c3c(c2N)C(=O)c2ccccc2C3=O)c1. The van der Waals surface area contributed by atoms with E-state index in [0.717, 1.165) is 0 Å². The number of ether oxygens (including phenoxy) is 3. The standard InChI is InChI=1S/C23H17NO7/c1-29-18(26)11-30-12-5-4-6-13(9-12)31-17-10-16(25)19-20(21(17)24)23(28)15-8-3-2-7-14(15)22(19)27/h2-10,25H,11,24H2,1H3. The Balaban J connectivity index is 1.69. The minimum absolute atomic E-state index is 0.00176. The molecule has 0 heterocycles. The predicted octanol–water partition coefficient (Wildman–Crippen LogP) is 3.09. The van der Waals surface area contributed by atoms with Crippen molar-refractivity contribution in [1.29, 1.82) is 0 Å². The van der Waals surface area contributed by atoms with Crippen LogP contribution < -0.4 is 15.2 Å². The fourth-order valence-corrected chi connectivity index (χ4v) is 3.31. The van der Waals surface area contributed by atoms with Crippen LogP contribution in [0.15, 0.2) is 54.6 Å². The van der Waals surface area contributed by atoms with Gasteiger partial charge in [0.05, 0.1) is 23.9 Å². The summed E-state index contributed by atoms with van der Waals surface area (Å²) in [6.45, 7) is -0.280. The lowest BCUT2D eigenvalue weighted by Crippen LogP contribution is -2.22. The monoisotopic (exact) mass is 419 g/mol. The Morgan fingerprint density at radius 3 is 2.26 bits per heavy atom. The van der Waals surface area contributed by atoms with Gasteiger partial charge < -0.3 is 25.1 Å². The van der Waals surface area contributed by atoms with Crippen molar-refractivity contribution in [3.05, 3.63) is 76.9 Å². The normalized spacial score (nSPS) is 12.0. The molecule has 0 radical (unpaired) electrons. The highest BCUT2D eigenvalue weighted by molar-refractivity contribution is 6.31. The van der Waals surface area contributed by atoms with Gasteiger partial charge in [0, 0.05) is 23.3 Å². The second-order valence-corrected chi connectivity index (χ2v) is 6.70. The largest absolute Gasteiger partial charge is 0.507 e. The van der Waals surface area contributed by atoms with Crippen LogP contribution in [0.4, 0.5) is 5.69 Å². The topological polar surface area (TPSA) is 125 Å². The number of methoxy groups -OCH3 is 1. The van der Waals surface area contributed by atoms with E-state index in [-0.39, 0.29) is 46.0 Å². The maximum absolute atomic E-state index is 13.0. The molecule has 0 atom stereocenters. The average Bonchev–Trinajstić information content (AvgIpc) is 2.78. The number of hydrogen-bond acceptors (Lipinski definition) is 8. The molecule has 31 heavy (non-hydrogen) atoms. The smallest absolute Gasteiger partial charge is 0.343 e. The third-order valence-corrected chi connectivity index (χ3v) is 4.80. The van der Waals surface area contributed by atoms with E-state index in [0.29, 0.717) is 5.75 Å². The zero-order chi connectivity index (χ0) is 22.1. The number of benzene rings is 3. The number of phenolic OH excluding ortho intramolecular Hbond substituents is 1. The minimum Gasteiger partial charge on any atom is -0.507 e. The fourth-order valence-electron chi connectivity index (χ4n) is 3.31. The van der Waals surface area contributed by atoms with Crippen LogP contribution in [0.2, 0.25) is 0 Å². The second-order valence-electron chi connectivity index (χ2n) is 6.70. The zero-order valence-corrected chi connectivity index (χ0v) is 16.4. The van der Waals surface area contributed by atoms with Crippen molar-refractivity contribution in [2.45, 2.75) is 0 Å². The molecule has 1 aliphatic carbocycles. The number of nitrogens with two attached hydrogens (primary N) is 1. The maximum atomic E-state index is 13.0. The van der Waals surface area contributed by atoms with E-state index in [1.807, 2.05) is 0 Å². The number of hydrogen-bond donors (Lipinski definition) is 2. The van der Waals surface area contributed by atoms with Gasteiger partial charge in [0.25, 0.3) is 0 Å². The maximum Gasteiger partial charge on any atom is 0.343 e. The lowest BCUT2D eigenvalue weighted by molar-refractivity contribution is -0.142. The molecule has 156 valence electrons. The van der Waals surface area contributed by atoms with E-state index in [1.165, 1.54) is 31.4 Å². The van der Waals surface area contributed by atoms with Gasteiger partial charge in [-0.1, -0.05) is 30.3 Å². The fraction of sp³-hybridized carbons (Fsp3) is 0.0870. The molecule has 0 saturated carbocycles. The zero-order valence-electron chi connectivity index (χ0n) is 16.4. The molecule has 3 aromatic carbocycles. The van der Waals surface area contributed by atoms with E-state index >= 15 is 0 Å². The first-order chi connectivity index (χ1) is 14.9.